The summed E-state index contributed by atoms with van der Waals surface area (Å²) in [5, 5.41) is 7.24. The Balaban J connectivity index is 1.74. The Kier molecular flexibility index (Phi) is 7.76. The van der Waals surface area contributed by atoms with E-state index in [1.54, 1.807) is 7.05 Å². The highest BCUT2D eigenvalue weighted by Gasteiger charge is 2.01. The minimum Gasteiger partial charge on any atom is -0.484 e. The number of nitrogens with two attached hydrogens (primary N) is 1. The van der Waals surface area contributed by atoms with E-state index in [9.17, 15) is 4.79 Å². The van der Waals surface area contributed by atoms with E-state index in [-0.39, 0.29) is 6.61 Å². The third-order valence-corrected chi connectivity index (χ3v) is 3.82. The first-order chi connectivity index (χ1) is 12.6. The Hall–Kier alpha value is -2.73. The molecule has 2 aromatic rings. The van der Waals surface area contributed by atoms with Crippen LogP contribution in [0.15, 0.2) is 53.5 Å². The van der Waals surface area contributed by atoms with Crippen molar-refractivity contribution in [3.05, 3.63) is 64.7 Å². The molecule has 4 N–H and O–H groups in total. The van der Waals surface area contributed by atoms with Crippen LogP contribution in [-0.2, 0) is 17.8 Å². The van der Waals surface area contributed by atoms with Crippen LogP contribution in [0.5, 0.6) is 5.75 Å². The monoisotopic (exact) mass is 374 g/mol. The van der Waals surface area contributed by atoms with E-state index < -0.39 is 5.91 Å². The van der Waals surface area contributed by atoms with Crippen LogP contribution in [0.1, 0.15) is 11.1 Å². The smallest absolute Gasteiger partial charge is 0.255 e. The molecule has 138 valence electrons. The van der Waals surface area contributed by atoms with Crippen molar-refractivity contribution in [3.63, 3.8) is 0 Å². The zero-order valence-electron chi connectivity index (χ0n) is 14.7. The van der Waals surface area contributed by atoms with Gasteiger partial charge >= 0.3 is 0 Å². The first-order valence-electron chi connectivity index (χ1n) is 8.26. The van der Waals surface area contributed by atoms with Crippen molar-refractivity contribution in [1.82, 2.24) is 10.6 Å². The highest BCUT2D eigenvalue weighted by atomic mass is 35.5. The van der Waals surface area contributed by atoms with Crippen LogP contribution >= 0.6 is 11.6 Å². The van der Waals surface area contributed by atoms with Gasteiger partial charge in [0, 0.05) is 25.2 Å². The minimum absolute atomic E-state index is 0.116. The first-order valence-corrected chi connectivity index (χ1v) is 8.63. The summed E-state index contributed by atoms with van der Waals surface area (Å²) >= 11 is 5.99. The predicted molar refractivity (Wildman–Crippen MR) is 104 cm³/mol. The van der Waals surface area contributed by atoms with Gasteiger partial charge in [-0.3, -0.25) is 9.79 Å². The summed E-state index contributed by atoms with van der Waals surface area (Å²) in [5.41, 5.74) is 7.29. The number of nitrogens with one attached hydrogen (secondary N) is 2. The summed E-state index contributed by atoms with van der Waals surface area (Å²) in [7, 11) is 1.73. The quantitative estimate of drug-likeness (QED) is 0.487. The van der Waals surface area contributed by atoms with Crippen molar-refractivity contribution < 1.29 is 9.53 Å². The molecule has 0 spiro atoms. The number of hydrogen-bond donors (Lipinski definition) is 3. The molecule has 26 heavy (non-hydrogen) atoms. The summed E-state index contributed by atoms with van der Waals surface area (Å²) in [4.78, 5) is 14.9. The molecule has 0 heterocycles. The lowest BCUT2D eigenvalue weighted by Crippen LogP contribution is -2.37. The van der Waals surface area contributed by atoms with Gasteiger partial charge in [0.05, 0.1) is 0 Å². The van der Waals surface area contributed by atoms with Crippen LogP contribution in [-0.4, -0.2) is 32.1 Å². The Morgan fingerprint density at radius 3 is 2.58 bits per heavy atom. The van der Waals surface area contributed by atoms with Gasteiger partial charge in [-0.25, -0.2) is 0 Å². The van der Waals surface area contributed by atoms with Crippen molar-refractivity contribution in [2.45, 2.75) is 13.0 Å². The second-order valence-corrected chi connectivity index (χ2v) is 6.07. The molecular weight excluding hydrogens is 352 g/mol. The van der Waals surface area contributed by atoms with Gasteiger partial charge in [0.15, 0.2) is 12.6 Å². The molecule has 0 atom stereocenters. The lowest BCUT2D eigenvalue weighted by Gasteiger charge is -2.12. The Morgan fingerprint density at radius 2 is 1.92 bits per heavy atom. The first kappa shape index (κ1) is 19.6. The number of aliphatic imine (C=N–C) groups is 1. The van der Waals surface area contributed by atoms with Gasteiger partial charge in [-0.1, -0.05) is 35.9 Å². The predicted octanol–water partition coefficient (Wildman–Crippen LogP) is 2.11. The van der Waals surface area contributed by atoms with Gasteiger partial charge < -0.3 is 21.1 Å². The minimum atomic E-state index is -0.491. The lowest BCUT2D eigenvalue weighted by molar-refractivity contribution is -0.119. The number of hydrogen-bond acceptors (Lipinski definition) is 3. The van der Waals surface area contributed by atoms with Crippen LogP contribution in [0, 0.1) is 0 Å². The molecule has 6 nitrogen and oxygen atoms in total. The molecule has 2 rings (SSSR count). The summed E-state index contributed by atoms with van der Waals surface area (Å²) in [6.07, 6.45) is 0.827. The molecule has 0 bridgehead atoms. The number of ether oxygens (including phenoxy) is 1. The van der Waals surface area contributed by atoms with Gasteiger partial charge in [-0.15, -0.1) is 0 Å². The number of halogens is 1. The lowest BCUT2D eigenvalue weighted by atomic mass is 10.1. The maximum atomic E-state index is 10.7. The molecule has 0 aliphatic rings. The van der Waals surface area contributed by atoms with Gasteiger partial charge in [0.1, 0.15) is 5.75 Å². The molecule has 7 heteroatoms. The molecule has 0 aliphatic heterocycles. The van der Waals surface area contributed by atoms with Crippen LogP contribution in [0.25, 0.3) is 0 Å². The second-order valence-electron chi connectivity index (χ2n) is 5.63. The SMILES string of the molecule is CN=C(NCCc1ccc(OCC(N)=O)cc1)NCc1cccc(Cl)c1. The van der Waals surface area contributed by atoms with E-state index >= 15 is 0 Å². The third kappa shape index (κ3) is 7.03. The molecule has 0 aromatic heterocycles. The zero-order valence-corrected chi connectivity index (χ0v) is 15.4. The molecule has 0 aliphatic carbocycles. The van der Waals surface area contributed by atoms with Crippen LogP contribution < -0.4 is 21.1 Å². The van der Waals surface area contributed by atoms with Crippen molar-refractivity contribution in [3.8, 4) is 5.75 Å². The molecule has 0 radical (unpaired) electrons. The van der Waals surface area contributed by atoms with Gasteiger partial charge in [0.2, 0.25) is 0 Å². The fourth-order valence-corrected chi connectivity index (χ4v) is 2.50. The van der Waals surface area contributed by atoms with E-state index in [1.807, 2.05) is 48.5 Å². The number of amides is 1. The van der Waals surface area contributed by atoms with E-state index in [0.29, 0.717) is 12.3 Å². The molecule has 0 unspecified atom stereocenters. The number of carbonyl (C=O) groups is 1. The van der Waals surface area contributed by atoms with Crippen molar-refractivity contribution in [2.24, 2.45) is 10.7 Å². The maximum absolute atomic E-state index is 10.7. The fraction of sp³-hybridized carbons (Fsp3) is 0.263. The Bertz CT molecular complexity index is 747. The number of guanidine groups is 1. The highest BCUT2D eigenvalue weighted by molar-refractivity contribution is 6.30. The third-order valence-electron chi connectivity index (χ3n) is 3.58. The molecule has 0 saturated carbocycles. The fourth-order valence-electron chi connectivity index (χ4n) is 2.29. The highest BCUT2D eigenvalue weighted by Crippen LogP contribution is 2.12. The summed E-state index contributed by atoms with van der Waals surface area (Å²) in [6, 6.07) is 15.3. The van der Waals surface area contributed by atoms with Crippen molar-refractivity contribution in [1.29, 1.82) is 0 Å². The van der Waals surface area contributed by atoms with Gasteiger partial charge in [-0.2, -0.15) is 0 Å². The Labute approximate surface area is 158 Å². The van der Waals surface area contributed by atoms with Crippen LogP contribution in [0.4, 0.5) is 0 Å². The van der Waals surface area contributed by atoms with E-state index in [2.05, 4.69) is 15.6 Å². The van der Waals surface area contributed by atoms with E-state index in [1.165, 1.54) is 0 Å². The van der Waals surface area contributed by atoms with Crippen LogP contribution in [0.2, 0.25) is 5.02 Å². The second kappa shape index (κ2) is 10.3. The van der Waals surface area contributed by atoms with Gasteiger partial charge in [0.25, 0.3) is 5.91 Å². The zero-order chi connectivity index (χ0) is 18.8. The number of nitrogens with zero attached hydrogens (tertiary/aromatic N) is 1. The molecule has 0 fully saturated rings. The average molecular weight is 375 g/mol. The molecule has 1 amide bonds. The number of rotatable bonds is 8. The molecular formula is C19H23ClN4O2. The summed E-state index contributed by atoms with van der Waals surface area (Å²) in [6.45, 7) is 1.26. The number of benzene rings is 2. The normalized spacial score (nSPS) is 11.1. The standard InChI is InChI=1S/C19H23ClN4O2/c1-22-19(24-12-15-3-2-4-16(20)11-15)23-10-9-14-5-7-17(8-6-14)26-13-18(21)25/h2-8,11H,9-10,12-13H2,1H3,(H2,21,25)(H2,22,23,24). The van der Waals surface area contributed by atoms with Crippen molar-refractivity contribution in [2.75, 3.05) is 20.2 Å². The average Bonchev–Trinajstić information content (AvgIpc) is 2.64. The topological polar surface area (TPSA) is 88.7 Å². The van der Waals surface area contributed by atoms with E-state index in [0.717, 1.165) is 35.1 Å². The molecule has 2 aromatic carbocycles. The number of carbonyl (C=O) groups excluding carboxylic acids is 1. The van der Waals surface area contributed by atoms with Crippen LogP contribution in [0.3, 0.4) is 0 Å². The molecule has 0 saturated heterocycles. The van der Waals surface area contributed by atoms with Crippen molar-refractivity contribution >= 4 is 23.5 Å². The largest absolute Gasteiger partial charge is 0.484 e. The van der Waals surface area contributed by atoms with Gasteiger partial charge in [-0.05, 0) is 41.8 Å². The number of primary amides is 1. The Morgan fingerprint density at radius 1 is 1.15 bits per heavy atom. The summed E-state index contributed by atoms with van der Waals surface area (Å²) < 4.78 is 5.24. The van der Waals surface area contributed by atoms with E-state index in [4.69, 9.17) is 22.1 Å². The summed E-state index contributed by atoms with van der Waals surface area (Å²) in [5.74, 6) is 0.862. The maximum Gasteiger partial charge on any atom is 0.255 e.